The molecule has 0 aliphatic heterocycles. The maximum atomic E-state index is 2.49. The number of pyridine rings is 1. The topological polar surface area (TPSA) is 3.88 Å². The minimum atomic E-state index is 0.303. The van der Waals surface area contributed by atoms with Gasteiger partial charge in [-0.05, 0) is 71.7 Å². The highest BCUT2D eigenvalue weighted by Gasteiger charge is 2.23. The van der Waals surface area contributed by atoms with Crippen LogP contribution in [0.2, 0.25) is 0 Å². The standard InChI is InChI=1S/C28H36N/c1-19-11-13-23(22-9-7-8-10-22)17-26(19)27-25-14-12-21(18-28(3,4)5)16-24(25)15-20(2)29(27)6/h11-17,22H,7-10,18H2,1-6H3/q+1. The molecule has 1 aliphatic rings. The summed E-state index contributed by atoms with van der Waals surface area (Å²) < 4.78 is 2.38. The Morgan fingerprint density at radius 3 is 2.34 bits per heavy atom. The highest BCUT2D eigenvalue weighted by Crippen LogP contribution is 2.37. The molecule has 0 radical (unpaired) electrons. The second-order valence-electron chi connectivity index (χ2n) is 10.4. The van der Waals surface area contributed by atoms with Crippen LogP contribution in [0.25, 0.3) is 22.0 Å². The maximum Gasteiger partial charge on any atom is 0.220 e. The molecule has 152 valence electrons. The number of aryl methyl sites for hydroxylation is 2. The van der Waals surface area contributed by atoms with Crippen LogP contribution < -0.4 is 4.57 Å². The SMILES string of the molecule is Cc1ccc(C2CCCC2)cc1-c1c2ccc(CC(C)(C)C)cc2cc(C)[n+]1C. The quantitative estimate of drug-likeness (QED) is 0.419. The molecule has 0 N–H and O–H groups in total. The smallest absolute Gasteiger partial charge is 0.198 e. The van der Waals surface area contributed by atoms with Crippen molar-refractivity contribution in [3.05, 3.63) is 64.8 Å². The van der Waals surface area contributed by atoms with E-state index in [0.29, 0.717) is 5.41 Å². The first-order chi connectivity index (χ1) is 13.7. The number of rotatable bonds is 3. The molecule has 1 nitrogen and oxygen atoms in total. The van der Waals surface area contributed by atoms with E-state index in [9.17, 15) is 0 Å². The van der Waals surface area contributed by atoms with Crippen LogP contribution in [0.4, 0.5) is 0 Å². The number of benzene rings is 2. The first-order valence-corrected chi connectivity index (χ1v) is 11.3. The van der Waals surface area contributed by atoms with E-state index in [1.807, 2.05) is 0 Å². The molecule has 29 heavy (non-hydrogen) atoms. The lowest BCUT2D eigenvalue weighted by molar-refractivity contribution is -0.665. The van der Waals surface area contributed by atoms with Gasteiger partial charge in [0.2, 0.25) is 5.69 Å². The van der Waals surface area contributed by atoms with Crippen molar-refractivity contribution in [3.63, 3.8) is 0 Å². The summed E-state index contributed by atoms with van der Waals surface area (Å²) in [4.78, 5) is 0. The first-order valence-electron chi connectivity index (χ1n) is 11.3. The molecule has 4 rings (SSSR count). The second-order valence-corrected chi connectivity index (χ2v) is 10.4. The van der Waals surface area contributed by atoms with Gasteiger partial charge in [-0.1, -0.05) is 57.9 Å². The molecule has 0 saturated heterocycles. The lowest BCUT2D eigenvalue weighted by Crippen LogP contribution is -2.35. The van der Waals surface area contributed by atoms with Crippen molar-refractivity contribution < 1.29 is 4.57 Å². The fraction of sp³-hybridized carbons (Fsp3) is 0.464. The van der Waals surface area contributed by atoms with Crippen molar-refractivity contribution >= 4 is 10.8 Å². The minimum Gasteiger partial charge on any atom is -0.198 e. The van der Waals surface area contributed by atoms with Crippen LogP contribution in [0.15, 0.2) is 42.5 Å². The molecule has 0 amide bonds. The zero-order valence-corrected chi connectivity index (χ0v) is 19.1. The van der Waals surface area contributed by atoms with Crippen LogP contribution in [0, 0.1) is 19.3 Å². The number of hydrogen-bond acceptors (Lipinski definition) is 0. The zero-order valence-electron chi connectivity index (χ0n) is 19.1. The highest BCUT2D eigenvalue weighted by molar-refractivity contribution is 5.94. The predicted octanol–water partition coefficient (Wildman–Crippen LogP) is 7.19. The molecule has 0 unspecified atom stereocenters. The molecule has 1 fully saturated rings. The Kier molecular flexibility index (Phi) is 5.27. The maximum absolute atomic E-state index is 2.49. The molecular weight excluding hydrogens is 350 g/mol. The van der Waals surface area contributed by atoms with E-state index in [1.54, 1.807) is 0 Å². The lowest BCUT2D eigenvalue weighted by Gasteiger charge is -2.19. The monoisotopic (exact) mass is 386 g/mol. The minimum absolute atomic E-state index is 0.303. The lowest BCUT2D eigenvalue weighted by atomic mass is 9.87. The number of hydrogen-bond donors (Lipinski definition) is 0. The molecular formula is C28H36N+. The summed E-state index contributed by atoms with van der Waals surface area (Å²) in [7, 11) is 2.22. The van der Waals surface area contributed by atoms with Crippen molar-refractivity contribution in [2.24, 2.45) is 12.5 Å². The number of nitrogens with zero attached hydrogens (tertiary/aromatic N) is 1. The van der Waals surface area contributed by atoms with Crippen molar-refractivity contribution in [1.29, 1.82) is 0 Å². The summed E-state index contributed by atoms with van der Waals surface area (Å²) in [5.74, 6) is 0.745. The Balaban J connectivity index is 1.89. The number of fused-ring (bicyclic) bond motifs is 1. The summed E-state index contributed by atoms with van der Waals surface area (Å²) in [5.41, 5.74) is 8.70. The van der Waals surface area contributed by atoms with Gasteiger partial charge in [0.1, 0.15) is 7.05 Å². The zero-order chi connectivity index (χ0) is 20.8. The van der Waals surface area contributed by atoms with Crippen molar-refractivity contribution in [2.75, 3.05) is 0 Å². The van der Waals surface area contributed by atoms with E-state index in [2.05, 4.69) is 88.7 Å². The Hall–Kier alpha value is -2.15. The fourth-order valence-electron chi connectivity index (χ4n) is 5.08. The molecule has 0 bridgehead atoms. The van der Waals surface area contributed by atoms with Crippen molar-refractivity contribution in [1.82, 2.24) is 0 Å². The van der Waals surface area contributed by atoms with Crippen LogP contribution in [-0.2, 0) is 13.5 Å². The Bertz CT molecular complexity index is 1050. The predicted molar refractivity (Wildman–Crippen MR) is 124 cm³/mol. The molecule has 1 aromatic heterocycles. The van der Waals surface area contributed by atoms with Gasteiger partial charge in [-0.25, -0.2) is 0 Å². The molecule has 2 aromatic carbocycles. The Labute approximate surface area is 176 Å². The molecule has 1 aliphatic carbocycles. The van der Waals surface area contributed by atoms with E-state index >= 15 is 0 Å². The van der Waals surface area contributed by atoms with Gasteiger partial charge in [-0.2, -0.15) is 4.57 Å². The Morgan fingerprint density at radius 2 is 1.66 bits per heavy atom. The van der Waals surface area contributed by atoms with Gasteiger partial charge in [0.25, 0.3) is 0 Å². The summed E-state index contributed by atoms with van der Waals surface area (Å²) in [6.07, 6.45) is 6.56. The molecule has 0 atom stereocenters. The van der Waals surface area contributed by atoms with Gasteiger partial charge in [-0.15, -0.1) is 0 Å². The summed E-state index contributed by atoms with van der Waals surface area (Å²) in [6.45, 7) is 11.4. The average molecular weight is 387 g/mol. The van der Waals surface area contributed by atoms with E-state index < -0.39 is 0 Å². The summed E-state index contributed by atoms with van der Waals surface area (Å²) >= 11 is 0. The molecule has 1 heteroatoms. The largest absolute Gasteiger partial charge is 0.220 e. The number of aromatic nitrogens is 1. The summed E-state index contributed by atoms with van der Waals surface area (Å²) in [6, 6.07) is 16.6. The van der Waals surface area contributed by atoms with Gasteiger partial charge in [0, 0.05) is 18.6 Å². The summed E-state index contributed by atoms with van der Waals surface area (Å²) in [5, 5.41) is 2.73. The van der Waals surface area contributed by atoms with E-state index in [-0.39, 0.29) is 0 Å². The second kappa shape index (κ2) is 7.59. The van der Waals surface area contributed by atoms with Gasteiger partial charge in [0.15, 0.2) is 5.69 Å². The van der Waals surface area contributed by atoms with Gasteiger partial charge in [-0.3, -0.25) is 0 Å². The van der Waals surface area contributed by atoms with E-state index in [0.717, 1.165) is 12.3 Å². The van der Waals surface area contributed by atoms with E-state index in [1.165, 1.54) is 70.1 Å². The van der Waals surface area contributed by atoms with Crippen LogP contribution in [-0.4, -0.2) is 0 Å². The fourth-order valence-corrected chi connectivity index (χ4v) is 5.08. The van der Waals surface area contributed by atoms with Crippen LogP contribution in [0.3, 0.4) is 0 Å². The van der Waals surface area contributed by atoms with Crippen LogP contribution in [0.5, 0.6) is 0 Å². The van der Waals surface area contributed by atoms with Gasteiger partial charge in [0.05, 0.1) is 5.39 Å². The molecule has 1 heterocycles. The van der Waals surface area contributed by atoms with Crippen LogP contribution >= 0.6 is 0 Å². The van der Waals surface area contributed by atoms with E-state index in [4.69, 9.17) is 0 Å². The van der Waals surface area contributed by atoms with Crippen LogP contribution in [0.1, 0.15) is 74.8 Å². The third-order valence-corrected chi connectivity index (χ3v) is 6.68. The van der Waals surface area contributed by atoms with Gasteiger partial charge >= 0.3 is 0 Å². The third kappa shape index (κ3) is 4.10. The third-order valence-electron chi connectivity index (χ3n) is 6.68. The van der Waals surface area contributed by atoms with Crippen molar-refractivity contribution in [3.8, 4) is 11.3 Å². The highest BCUT2D eigenvalue weighted by atomic mass is 14.9. The van der Waals surface area contributed by atoms with Gasteiger partial charge < -0.3 is 0 Å². The van der Waals surface area contributed by atoms with Crippen molar-refractivity contribution in [2.45, 2.75) is 72.6 Å². The average Bonchev–Trinajstić information content (AvgIpc) is 3.17. The normalized spacial score (nSPS) is 15.4. The Morgan fingerprint density at radius 1 is 0.931 bits per heavy atom. The molecule has 0 spiro atoms. The molecule has 1 saturated carbocycles. The first kappa shape index (κ1) is 20.1. The molecule has 3 aromatic rings.